The van der Waals surface area contributed by atoms with Gasteiger partial charge in [-0.05, 0) is 12.8 Å². The SMILES string of the molecule is N.c1cn(C2CC2)cn1. The quantitative estimate of drug-likeness (QED) is 0.616. The Morgan fingerprint density at radius 1 is 1.44 bits per heavy atom. The van der Waals surface area contributed by atoms with Crippen LogP contribution in [0.15, 0.2) is 18.7 Å². The normalized spacial score (nSPS) is 16.9. The summed E-state index contributed by atoms with van der Waals surface area (Å²) in [5.74, 6) is 0. The molecule has 3 nitrogen and oxygen atoms in total. The zero-order valence-corrected chi connectivity index (χ0v) is 5.33. The highest BCUT2D eigenvalue weighted by Gasteiger charge is 2.21. The molecule has 0 aliphatic heterocycles. The van der Waals surface area contributed by atoms with Crippen LogP contribution in [-0.4, -0.2) is 9.55 Å². The molecule has 1 fully saturated rings. The Hall–Kier alpha value is -0.830. The molecule has 1 heterocycles. The Morgan fingerprint density at radius 2 is 2.22 bits per heavy atom. The second kappa shape index (κ2) is 2.19. The molecule has 0 atom stereocenters. The fourth-order valence-corrected chi connectivity index (χ4v) is 0.858. The van der Waals surface area contributed by atoms with Crippen LogP contribution in [0.25, 0.3) is 0 Å². The average Bonchev–Trinajstić information content (AvgIpc) is 2.49. The van der Waals surface area contributed by atoms with Crippen molar-refractivity contribution in [3.05, 3.63) is 18.7 Å². The largest absolute Gasteiger partial charge is 0.344 e. The second-order valence-electron chi connectivity index (χ2n) is 2.24. The van der Waals surface area contributed by atoms with Crippen LogP contribution in [0.5, 0.6) is 0 Å². The number of aromatic nitrogens is 2. The third-order valence-electron chi connectivity index (χ3n) is 1.49. The van der Waals surface area contributed by atoms with E-state index in [-0.39, 0.29) is 6.15 Å². The number of imidazole rings is 1. The highest BCUT2D eigenvalue weighted by atomic mass is 15.1. The summed E-state index contributed by atoms with van der Waals surface area (Å²) in [6.45, 7) is 0. The average molecular weight is 125 g/mol. The molecule has 0 aromatic carbocycles. The maximum atomic E-state index is 3.95. The molecule has 0 unspecified atom stereocenters. The second-order valence-corrected chi connectivity index (χ2v) is 2.24. The molecule has 0 amide bonds. The molecule has 3 heteroatoms. The van der Waals surface area contributed by atoms with Gasteiger partial charge in [0.2, 0.25) is 0 Å². The third kappa shape index (κ3) is 1.10. The van der Waals surface area contributed by atoms with Crippen molar-refractivity contribution in [2.45, 2.75) is 18.9 Å². The van der Waals surface area contributed by atoms with Gasteiger partial charge >= 0.3 is 0 Å². The number of rotatable bonds is 1. The molecule has 2 rings (SSSR count). The predicted octanol–water partition coefficient (Wildman–Crippen LogP) is 1.38. The van der Waals surface area contributed by atoms with Crippen LogP contribution in [0.4, 0.5) is 0 Å². The van der Waals surface area contributed by atoms with Gasteiger partial charge in [-0.2, -0.15) is 0 Å². The molecule has 1 aliphatic carbocycles. The fourth-order valence-electron chi connectivity index (χ4n) is 0.858. The first kappa shape index (κ1) is 6.29. The first-order chi connectivity index (χ1) is 3.97. The Balaban J connectivity index is 0.000000405. The minimum atomic E-state index is 0. The van der Waals surface area contributed by atoms with Gasteiger partial charge in [0, 0.05) is 18.4 Å². The van der Waals surface area contributed by atoms with E-state index in [9.17, 15) is 0 Å². The summed E-state index contributed by atoms with van der Waals surface area (Å²) in [6.07, 6.45) is 8.43. The summed E-state index contributed by atoms with van der Waals surface area (Å²) >= 11 is 0. The molecule has 0 radical (unpaired) electrons. The van der Waals surface area contributed by atoms with E-state index in [0.29, 0.717) is 0 Å². The van der Waals surface area contributed by atoms with Gasteiger partial charge in [-0.1, -0.05) is 0 Å². The molecule has 1 saturated carbocycles. The van der Waals surface area contributed by atoms with E-state index in [0.717, 1.165) is 6.04 Å². The van der Waals surface area contributed by atoms with Gasteiger partial charge in [0.25, 0.3) is 0 Å². The van der Waals surface area contributed by atoms with Gasteiger partial charge < -0.3 is 10.7 Å². The van der Waals surface area contributed by atoms with Crippen LogP contribution >= 0.6 is 0 Å². The lowest BCUT2D eigenvalue weighted by molar-refractivity contribution is 0.740. The number of hydrogen-bond acceptors (Lipinski definition) is 2. The van der Waals surface area contributed by atoms with Crippen molar-refractivity contribution in [2.75, 3.05) is 0 Å². The fraction of sp³-hybridized carbons (Fsp3) is 0.500. The highest BCUT2D eigenvalue weighted by Crippen LogP contribution is 2.33. The molecule has 1 aromatic heterocycles. The number of nitrogens with zero attached hydrogens (tertiary/aromatic N) is 2. The van der Waals surface area contributed by atoms with E-state index < -0.39 is 0 Å². The van der Waals surface area contributed by atoms with Gasteiger partial charge in [-0.3, -0.25) is 0 Å². The Kier molecular flexibility index (Phi) is 1.53. The van der Waals surface area contributed by atoms with Gasteiger partial charge in [0.05, 0.1) is 6.33 Å². The van der Waals surface area contributed by atoms with Gasteiger partial charge in [0.15, 0.2) is 0 Å². The zero-order valence-electron chi connectivity index (χ0n) is 5.33. The Bertz CT molecular complexity index is 164. The lowest BCUT2D eigenvalue weighted by atomic mass is 10.7. The molecule has 9 heavy (non-hydrogen) atoms. The summed E-state index contributed by atoms with van der Waals surface area (Å²) < 4.78 is 2.17. The van der Waals surface area contributed by atoms with Crippen molar-refractivity contribution in [1.82, 2.24) is 15.7 Å². The summed E-state index contributed by atoms with van der Waals surface area (Å²) in [5.41, 5.74) is 0. The van der Waals surface area contributed by atoms with Crippen LogP contribution in [-0.2, 0) is 0 Å². The molecule has 0 bridgehead atoms. The van der Waals surface area contributed by atoms with E-state index in [1.807, 2.05) is 18.7 Å². The zero-order chi connectivity index (χ0) is 5.40. The molecule has 0 saturated heterocycles. The smallest absolute Gasteiger partial charge is 0.0948 e. The number of hydrogen-bond donors (Lipinski definition) is 1. The van der Waals surface area contributed by atoms with Gasteiger partial charge in [-0.15, -0.1) is 0 Å². The molecule has 50 valence electrons. The van der Waals surface area contributed by atoms with Crippen molar-refractivity contribution < 1.29 is 0 Å². The van der Waals surface area contributed by atoms with Crippen LogP contribution in [0.1, 0.15) is 18.9 Å². The van der Waals surface area contributed by atoms with Crippen LogP contribution < -0.4 is 6.15 Å². The van der Waals surface area contributed by atoms with Crippen molar-refractivity contribution in [3.8, 4) is 0 Å². The maximum absolute atomic E-state index is 3.95. The molecule has 0 spiro atoms. The van der Waals surface area contributed by atoms with Crippen LogP contribution in [0, 0.1) is 0 Å². The summed E-state index contributed by atoms with van der Waals surface area (Å²) in [5, 5.41) is 0. The van der Waals surface area contributed by atoms with E-state index in [1.54, 1.807) is 0 Å². The lowest BCUT2D eigenvalue weighted by Crippen LogP contribution is -1.85. The van der Waals surface area contributed by atoms with Crippen molar-refractivity contribution in [1.29, 1.82) is 0 Å². The maximum Gasteiger partial charge on any atom is 0.0948 e. The topological polar surface area (TPSA) is 52.8 Å². The first-order valence-corrected chi connectivity index (χ1v) is 2.94. The standard InChI is InChI=1S/C6H8N2.H3N/c1-2-6(1)8-4-3-7-5-8;/h3-6H,1-2H2;1H3. The van der Waals surface area contributed by atoms with E-state index >= 15 is 0 Å². The molecule has 1 aromatic rings. The summed E-state index contributed by atoms with van der Waals surface area (Å²) in [4.78, 5) is 3.95. The highest BCUT2D eigenvalue weighted by molar-refractivity contribution is 4.87. The monoisotopic (exact) mass is 125 g/mol. The Labute approximate surface area is 54.3 Å². The molecular weight excluding hydrogens is 114 g/mol. The van der Waals surface area contributed by atoms with Crippen molar-refractivity contribution in [2.24, 2.45) is 0 Å². The summed E-state index contributed by atoms with van der Waals surface area (Å²) in [6, 6.07) is 0.789. The predicted molar refractivity (Wildman–Crippen MR) is 35.5 cm³/mol. The van der Waals surface area contributed by atoms with Gasteiger partial charge in [-0.25, -0.2) is 4.98 Å². The van der Waals surface area contributed by atoms with E-state index in [2.05, 4.69) is 9.55 Å². The van der Waals surface area contributed by atoms with Crippen molar-refractivity contribution >= 4 is 0 Å². The van der Waals surface area contributed by atoms with Gasteiger partial charge in [0.1, 0.15) is 0 Å². The summed E-state index contributed by atoms with van der Waals surface area (Å²) in [7, 11) is 0. The first-order valence-electron chi connectivity index (χ1n) is 2.94. The lowest BCUT2D eigenvalue weighted by Gasteiger charge is -1.91. The van der Waals surface area contributed by atoms with E-state index in [4.69, 9.17) is 0 Å². The minimum absolute atomic E-state index is 0. The van der Waals surface area contributed by atoms with E-state index in [1.165, 1.54) is 12.8 Å². The molecule has 3 N–H and O–H groups in total. The van der Waals surface area contributed by atoms with Crippen LogP contribution in [0.3, 0.4) is 0 Å². The van der Waals surface area contributed by atoms with Crippen molar-refractivity contribution in [3.63, 3.8) is 0 Å². The minimum Gasteiger partial charge on any atom is -0.344 e. The molecule has 1 aliphatic rings. The Morgan fingerprint density at radius 3 is 2.67 bits per heavy atom. The third-order valence-corrected chi connectivity index (χ3v) is 1.49. The molecular formula is C6H11N3. The van der Waals surface area contributed by atoms with Crippen LogP contribution in [0.2, 0.25) is 0 Å².